The highest BCUT2D eigenvalue weighted by Crippen LogP contribution is 2.32. The van der Waals surface area contributed by atoms with Crippen molar-refractivity contribution >= 4 is 22.6 Å². The van der Waals surface area contributed by atoms with Gasteiger partial charge in [-0.05, 0) is 11.6 Å². The standard InChI is InChI=1S/C20H17F3N6O3/c21-20(22,23)17-6-26-15(5-27-17)16-9-31-2-1-29(16)19(30)13-3-10-11-7-32-8-12(11)18(24)28-14(10)4-25-13/h3-6,16H,1-2,7-9H2,(H2,24,28)/t16-/m0/s1. The van der Waals surface area contributed by atoms with Crippen LogP contribution in [-0.4, -0.2) is 50.5 Å². The fraction of sp³-hybridized carbons (Fsp3) is 0.350. The van der Waals surface area contributed by atoms with E-state index in [2.05, 4.69) is 19.9 Å². The molecule has 0 radical (unpaired) electrons. The average Bonchev–Trinajstić information content (AvgIpc) is 3.29. The molecule has 3 aromatic heterocycles. The molecule has 166 valence electrons. The zero-order chi connectivity index (χ0) is 22.5. The van der Waals surface area contributed by atoms with Crippen molar-refractivity contribution in [3.8, 4) is 0 Å². The van der Waals surface area contributed by atoms with Crippen LogP contribution >= 0.6 is 0 Å². The van der Waals surface area contributed by atoms with Crippen LogP contribution in [0.5, 0.6) is 0 Å². The number of aromatic nitrogens is 4. The monoisotopic (exact) mass is 446 g/mol. The number of fused-ring (bicyclic) bond motifs is 3. The van der Waals surface area contributed by atoms with Crippen LogP contribution in [-0.2, 0) is 28.9 Å². The minimum Gasteiger partial charge on any atom is -0.383 e. The van der Waals surface area contributed by atoms with E-state index in [1.165, 1.54) is 11.1 Å². The minimum absolute atomic E-state index is 0.0840. The first kappa shape index (κ1) is 20.5. The maximum atomic E-state index is 13.3. The second kappa shape index (κ2) is 7.64. The molecule has 12 heteroatoms. The molecule has 1 atom stereocenters. The van der Waals surface area contributed by atoms with Gasteiger partial charge in [0.15, 0.2) is 5.69 Å². The molecule has 0 aliphatic carbocycles. The number of halogens is 3. The van der Waals surface area contributed by atoms with Crippen molar-refractivity contribution in [3.05, 3.63) is 52.9 Å². The summed E-state index contributed by atoms with van der Waals surface area (Å²) in [5.74, 6) is -0.0219. The summed E-state index contributed by atoms with van der Waals surface area (Å²) in [5, 5.41) is 0.726. The molecule has 0 saturated carbocycles. The van der Waals surface area contributed by atoms with Crippen molar-refractivity contribution in [1.82, 2.24) is 24.8 Å². The van der Waals surface area contributed by atoms with Gasteiger partial charge in [0, 0.05) is 17.5 Å². The molecule has 5 heterocycles. The zero-order valence-corrected chi connectivity index (χ0v) is 16.6. The smallest absolute Gasteiger partial charge is 0.383 e. The van der Waals surface area contributed by atoms with E-state index in [9.17, 15) is 18.0 Å². The second-order valence-corrected chi connectivity index (χ2v) is 7.45. The lowest BCUT2D eigenvalue weighted by Gasteiger charge is -2.34. The summed E-state index contributed by atoms with van der Waals surface area (Å²) < 4.78 is 49.4. The number of carbonyl (C=O) groups excluding carboxylic acids is 1. The maximum Gasteiger partial charge on any atom is 0.434 e. The number of pyridine rings is 2. The number of hydrogen-bond acceptors (Lipinski definition) is 8. The van der Waals surface area contributed by atoms with Crippen LogP contribution < -0.4 is 5.73 Å². The van der Waals surface area contributed by atoms with Gasteiger partial charge in [-0.2, -0.15) is 13.2 Å². The second-order valence-electron chi connectivity index (χ2n) is 7.45. The van der Waals surface area contributed by atoms with E-state index in [-0.39, 0.29) is 31.1 Å². The summed E-state index contributed by atoms with van der Waals surface area (Å²) in [6, 6.07) is 0.949. The Morgan fingerprint density at radius 1 is 1.09 bits per heavy atom. The van der Waals surface area contributed by atoms with Crippen LogP contribution in [0.25, 0.3) is 10.9 Å². The Morgan fingerprint density at radius 3 is 2.66 bits per heavy atom. The SMILES string of the molecule is Nc1nc2cnc(C(=O)N3CCOC[C@H]3c3cnc(C(F)(F)F)cn3)cc2c2c1COC2. The Kier molecular flexibility index (Phi) is 4.90. The molecule has 0 bridgehead atoms. The summed E-state index contributed by atoms with van der Waals surface area (Å²) in [7, 11) is 0. The molecule has 0 aromatic carbocycles. The Morgan fingerprint density at radius 2 is 1.91 bits per heavy atom. The van der Waals surface area contributed by atoms with E-state index in [4.69, 9.17) is 15.2 Å². The molecule has 2 aliphatic heterocycles. The molecular formula is C20H17F3N6O3. The van der Waals surface area contributed by atoms with E-state index in [1.807, 2.05) is 0 Å². The summed E-state index contributed by atoms with van der Waals surface area (Å²) in [6.45, 7) is 1.31. The Balaban J connectivity index is 1.48. The van der Waals surface area contributed by atoms with Crippen molar-refractivity contribution in [2.45, 2.75) is 25.4 Å². The summed E-state index contributed by atoms with van der Waals surface area (Å²) in [4.78, 5) is 30.7. The van der Waals surface area contributed by atoms with Gasteiger partial charge < -0.3 is 20.1 Å². The lowest BCUT2D eigenvalue weighted by molar-refractivity contribution is -0.141. The number of nitrogens with zero attached hydrogens (tertiary/aromatic N) is 5. The van der Waals surface area contributed by atoms with E-state index in [1.54, 1.807) is 6.07 Å². The number of nitrogen functional groups attached to an aromatic ring is 1. The highest BCUT2D eigenvalue weighted by Gasteiger charge is 2.35. The van der Waals surface area contributed by atoms with Crippen LogP contribution in [0.3, 0.4) is 0 Å². The van der Waals surface area contributed by atoms with E-state index in [0.717, 1.165) is 22.7 Å². The van der Waals surface area contributed by atoms with Gasteiger partial charge >= 0.3 is 6.18 Å². The highest BCUT2D eigenvalue weighted by molar-refractivity contribution is 5.97. The molecule has 0 unspecified atom stereocenters. The van der Waals surface area contributed by atoms with Gasteiger partial charge in [-0.3, -0.25) is 9.78 Å². The normalized spacial score (nSPS) is 18.7. The number of anilines is 1. The van der Waals surface area contributed by atoms with E-state index >= 15 is 0 Å². The average molecular weight is 446 g/mol. The predicted octanol–water partition coefficient (Wildman–Crippen LogP) is 2.26. The third-order valence-electron chi connectivity index (χ3n) is 5.53. The van der Waals surface area contributed by atoms with Gasteiger partial charge in [-0.25, -0.2) is 15.0 Å². The number of nitrogens with two attached hydrogens (primary N) is 1. The molecule has 1 saturated heterocycles. The molecule has 2 aliphatic rings. The van der Waals surface area contributed by atoms with Gasteiger partial charge in [0.1, 0.15) is 11.5 Å². The zero-order valence-electron chi connectivity index (χ0n) is 16.6. The van der Waals surface area contributed by atoms with E-state index < -0.39 is 23.8 Å². The first-order valence-corrected chi connectivity index (χ1v) is 9.75. The Bertz CT molecular complexity index is 1200. The fourth-order valence-corrected chi connectivity index (χ4v) is 3.89. The number of hydrogen-bond donors (Lipinski definition) is 1. The van der Waals surface area contributed by atoms with Gasteiger partial charge in [0.05, 0.1) is 62.3 Å². The Labute approximate surface area is 179 Å². The molecule has 2 N–H and O–H groups in total. The van der Waals surface area contributed by atoms with Crippen LogP contribution in [0.4, 0.5) is 19.0 Å². The number of rotatable bonds is 2. The topological polar surface area (TPSA) is 116 Å². The first-order valence-electron chi connectivity index (χ1n) is 9.75. The largest absolute Gasteiger partial charge is 0.434 e. The van der Waals surface area contributed by atoms with Crippen LogP contribution in [0.15, 0.2) is 24.7 Å². The molecule has 1 amide bonds. The molecule has 9 nitrogen and oxygen atoms in total. The maximum absolute atomic E-state index is 13.3. The fourth-order valence-electron chi connectivity index (χ4n) is 3.89. The van der Waals surface area contributed by atoms with Crippen molar-refractivity contribution in [3.63, 3.8) is 0 Å². The molecule has 32 heavy (non-hydrogen) atoms. The van der Waals surface area contributed by atoms with Crippen LogP contribution in [0.1, 0.15) is 39.0 Å². The summed E-state index contributed by atoms with van der Waals surface area (Å²) >= 11 is 0. The molecule has 5 rings (SSSR count). The molecular weight excluding hydrogens is 429 g/mol. The van der Waals surface area contributed by atoms with Crippen molar-refractivity contribution in [2.24, 2.45) is 0 Å². The number of carbonyl (C=O) groups is 1. The van der Waals surface area contributed by atoms with Crippen LogP contribution in [0.2, 0.25) is 0 Å². The Hall–Kier alpha value is -3.38. The van der Waals surface area contributed by atoms with Gasteiger partial charge in [-0.15, -0.1) is 0 Å². The number of amides is 1. The highest BCUT2D eigenvalue weighted by atomic mass is 19.4. The molecule has 0 spiro atoms. The van der Waals surface area contributed by atoms with Crippen molar-refractivity contribution in [1.29, 1.82) is 0 Å². The van der Waals surface area contributed by atoms with E-state index in [0.29, 0.717) is 30.7 Å². The lowest BCUT2D eigenvalue weighted by Crippen LogP contribution is -2.44. The first-order chi connectivity index (χ1) is 15.3. The molecule has 1 fully saturated rings. The third-order valence-corrected chi connectivity index (χ3v) is 5.53. The summed E-state index contributed by atoms with van der Waals surface area (Å²) in [6.07, 6.45) is -1.45. The summed E-state index contributed by atoms with van der Waals surface area (Å²) in [5.41, 5.74) is 7.48. The molecule has 3 aromatic rings. The quantitative estimate of drug-likeness (QED) is 0.637. The lowest BCUT2D eigenvalue weighted by atomic mass is 10.0. The number of alkyl halides is 3. The van der Waals surface area contributed by atoms with Crippen molar-refractivity contribution in [2.75, 3.05) is 25.5 Å². The van der Waals surface area contributed by atoms with Gasteiger partial charge in [0.2, 0.25) is 0 Å². The minimum atomic E-state index is -4.60. The predicted molar refractivity (Wildman–Crippen MR) is 104 cm³/mol. The van der Waals surface area contributed by atoms with Crippen LogP contribution in [0, 0.1) is 0 Å². The third kappa shape index (κ3) is 3.50. The number of morpholine rings is 1. The number of ether oxygens (including phenoxy) is 2. The van der Waals surface area contributed by atoms with Gasteiger partial charge in [0.25, 0.3) is 5.91 Å². The van der Waals surface area contributed by atoms with Gasteiger partial charge in [-0.1, -0.05) is 0 Å². The van der Waals surface area contributed by atoms with Crippen molar-refractivity contribution < 1.29 is 27.4 Å².